The smallest absolute Gasteiger partial charge is 0.428 e. The van der Waals surface area contributed by atoms with Crippen LogP contribution >= 0.6 is 0 Å². The predicted octanol–water partition coefficient (Wildman–Crippen LogP) is 2.06. The van der Waals surface area contributed by atoms with Gasteiger partial charge >= 0.3 is 18.2 Å². The van der Waals surface area contributed by atoms with Gasteiger partial charge in [0.15, 0.2) is 0 Å². The van der Waals surface area contributed by atoms with E-state index >= 15 is 0 Å². The number of carbonyl (C=O) groups is 4. The summed E-state index contributed by atoms with van der Waals surface area (Å²) in [4.78, 5) is 50.1. The minimum atomic E-state index is -1.09. The summed E-state index contributed by atoms with van der Waals surface area (Å²) >= 11 is 0. The number of benzene rings is 1. The Morgan fingerprint density at radius 1 is 1.21 bits per heavy atom. The SMILES string of the molecule is CC(C)(C)OC(=O)NN=Cc1ccc(C(=O)N2CCC3(CC2)CN(CC(=O)O)C(=O)O3)cc1. The van der Waals surface area contributed by atoms with Crippen molar-refractivity contribution < 1.29 is 33.8 Å². The molecule has 33 heavy (non-hydrogen) atoms. The largest absolute Gasteiger partial charge is 0.480 e. The van der Waals surface area contributed by atoms with E-state index in [1.54, 1.807) is 49.9 Å². The molecule has 2 fully saturated rings. The molecule has 2 saturated heterocycles. The summed E-state index contributed by atoms with van der Waals surface area (Å²) in [5, 5.41) is 12.8. The van der Waals surface area contributed by atoms with E-state index in [0.29, 0.717) is 37.1 Å². The highest BCUT2D eigenvalue weighted by Gasteiger charge is 2.47. The lowest BCUT2D eigenvalue weighted by Crippen LogP contribution is -2.49. The predicted molar refractivity (Wildman–Crippen MR) is 117 cm³/mol. The quantitative estimate of drug-likeness (QED) is 0.507. The molecule has 11 heteroatoms. The molecule has 2 aliphatic heterocycles. The second kappa shape index (κ2) is 9.47. The first-order valence-electron chi connectivity index (χ1n) is 10.6. The van der Waals surface area contributed by atoms with Crippen LogP contribution in [0.5, 0.6) is 0 Å². The van der Waals surface area contributed by atoms with Crippen molar-refractivity contribution in [2.75, 3.05) is 26.2 Å². The maximum atomic E-state index is 12.8. The molecule has 0 radical (unpaired) electrons. The van der Waals surface area contributed by atoms with Gasteiger partial charge in [-0.15, -0.1) is 0 Å². The first-order chi connectivity index (χ1) is 15.5. The van der Waals surface area contributed by atoms with Gasteiger partial charge in [-0.2, -0.15) is 5.10 Å². The number of piperidine rings is 1. The highest BCUT2D eigenvalue weighted by atomic mass is 16.6. The molecule has 0 aromatic heterocycles. The summed E-state index contributed by atoms with van der Waals surface area (Å²) in [6, 6.07) is 6.76. The average molecular weight is 460 g/mol. The van der Waals surface area contributed by atoms with Gasteiger partial charge in [-0.05, 0) is 38.5 Å². The number of carbonyl (C=O) groups excluding carboxylic acids is 3. The van der Waals surface area contributed by atoms with Crippen LogP contribution in [0, 0.1) is 0 Å². The van der Waals surface area contributed by atoms with Gasteiger partial charge in [0.05, 0.1) is 12.8 Å². The number of amides is 3. The Labute approximate surface area is 191 Å². The van der Waals surface area contributed by atoms with E-state index < -0.39 is 35.9 Å². The van der Waals surface area contributed by atoms with Crippen molar-refractivity contribution >= 4 is 30.3 Å². The van der Waals surface area contributed by atoms with Gasteiger partial charge < -0.3 is 19.5 Å². The Hall–Kier alpha value is -3.63. The first-order valence-corrected chi connectivity index (χ1v) is 10.6. The molecular formula is C22H28N4O7. The van der Waals surface area contributed by atoms with Crippen LogP contribution in [0.25, 0.3) is 0 Å². The second-order valence-electron chi connectivity index (χ2n) is 9.09. The summed E-state index contributed by atoms with van der Waals surface area (Å²) in [6.45, 7) is 5.87. The lowest BCUT2D eigenvalue weighted by atomic mass is 9.91. The fourth-order valence-corrected chi connectivity index (χ4v) is 3.71. The monoisotopic (exact) mass is 460 g/mol. The van der Waals surface area contributed by atoms with Gasteiger partial charge in [-0.25, -0.2) is 15.0 Å². The van der Waals surface area contributed by atoms with Crippen LogP contribution in [0.1, 0.15) is 49.5 Å². The van der Waals surface area contributed by atoms with Crippen molar-refractivity contribution in [3.05, 3.63) is 35.4 Å². The molecule has 0 bridgehead atoms. The Morgan fingerprint density at radius 2 is 1.85 bits per heavy atom. The molecule has 2 heterocycles. The van der Waals surface area contributed by atoms with Gasteiger partial charge in [0.1, 0.15) is 17.7 Å². The molecule has 3 amide bonds. The summed E-state index contributed by atoms with van der Waals surface area (Å²) in [6.07, 6.45) is 1.05. The van der Waals surface area contributed by atoms with Crippen molar-refractivity contribution in [3.8, 4) is 0 Å². The number of nitrogens with one attached hydrogen (secondary N) is 1. The Balaban J connectivity index is 1.51. The van der Waals surface area contributed by atoms with Gasteiger partial charge in [0.25, 0.3) is 5.91 Å². The number of nitrogens with zero attached hydrogens (tertiary/aromatic N) is 3. The number of hydrazone groups is 1. The molecule has 2 N–H and O–H groups in total. The van der Waals surface area contributed by atoms with E-state index in [1.807, 2.05) is 0 Å². The lowest BCUT2D eigenvalue weighted by Gasteiger charge is -2.37. The highest BCUT2D eigenvalue weighted by Crippen LogP contribution is 2.33. The normalized spacial score (nSPS) is 17.8. The first kappa shape index (κ1) is 24.0. The van der Waals surface area contributed by atoms with E-state index in [2.05, 4.69) is 10.5 Å². The summed E-state index contributed by atoms with van der Waals surface area (Å²) in [5.74, 6) is -1.24. The number of rotatable bonds is 5. The van der Waals surface area contributed by atoms with Crippen molar-refractivity contribution in [2.24, 2.45) is 5.10 Å². The van der Waals surface area contributed by atoms with Crippen LogP contribution in [-0.2, 0) is 14.3 Å². The third kappa shape index (κ3) is 6.43. The molecule has 11 nitrogen and oxygen atoms in total. The summed E-state index contributed by atoms with van der Waals surface area (Å²) in [7, 11) is 0. The van der Waals surface area contributed by atoms with E-state index in [-0.39, 0.29) is 12.5 Å². The maximum absolute atomic E-state index is 12.8. The maximum Gasteiger partial charge on any atom is 0.428 e. The van der Waals surface area contributed by atoms with Crippen LogP contribution in [-0.4, -0.2) is 82.6 Å². The fourth-order valence-electron chi connectivity index (χ4n) is 3.71. The topological polar surface area (TPSA) is 138 Å². The summed E-state index contributed by atoms with van der Waals surface area (Å²) < 4.78 is 10.6. The number of likely N-dealkylation sites (tertiary alicyclic amines) is 1. The zero-order valence-electron chi connectivity index (χ0n) is 18.9. The Bertz CT molecular complexity index is 944. The third-order valence-corrected chi connectivity index (χ3v) is 5.26. The van der Waals surface area contributed by atoms with Gasteiger partial charge in [0, 0.05) is 31.5 Å². The highest BCUT2D eigenvalue weighted by molar-refractivity contribution is 5.95. The van der Waals surface area contributed by atoms with Gasteiger partial charge in [-0.3, -0.25) is 14.5 Å². The molecule has 0 aliphatic carbocycles. The molecular weight excluding hydrogens is 432 g/mol. The molecule has 1 aromatic rings. The second-order valence-corrected chi connectivity index (χ2v) is 9.09. The van der Waals surface area contributed by atoms with Crippen molar-refractivity contribution in [1.82, 2.24) is 15.2 Å². The van der Waals surface area contributed by atoms with Crippen molar-refractivity contribution in [1.29, 1.82) is 0 Å². The van der Waals surface area contributed by atoms with Crippen molar-refractivity contribution in [2.45, 2.75) is 44.8 Å². The fraction of sp³-hybridized carbons (Fsp3) is 0.500. The summed E-state index contributed by atoms with van der Waals surface area (Å²) in [5.41, 5.74) is 2.11. The van der Waals surface area contributed by atoms with E-state index in [1.165, 1.54) is 11.1 Å². The zero-order chi connectivity index (χ0) is 24.2. The molecule has 1 spiro atoms. The van der Waals surface area contributed by atoms with E-state index in [0.717, 1.165) is 0 Å². The Kier molecular flexibility index (Phi) is 6.89. The number of ether oxygens (including phenoxy) is 2. The minimum Gasteiger partial charge on any atom is -0.480 e. The number of hydrogen-bond donors (Lipinski definition) is 2. The lowest BCUT2D eigenvalue weighted by molar-refractivity contribution is -0.137. The number of aliphatic carboxylic acids is 1. The van der Waals surface area contributed by atoms with Gasteiger partial charge in [-0.1, -0.05) is 12.1 Å². The third-order valence-electron chi connectivity index (χ3n) is 5.26. The van der Waals surface area contributed by atoms with Crippen LogP contribution in [0.3, 0.4) is 0 Å². The number of carboxylic acid groups (broad SMARTS) is 1. The van der Waals surface area contributed by atoms with Crippen molar-refractivity contribution in [3.63, 3.8) is 0 Å². The Morgan fingerprint density at radius 3 is 2.42 bits per heavy atom. The van der Waals surface area contributed by atoms with Crippen LogP contribution < -0.4 is 5.43 Å². The molecule has 1 aromatic carbocycles. The van der Waals surface area contributed by atoms with Crippen LogP contribution in [0.4, 0.5) is 9.59 Å². The zero-order valence-corrected chi connectivity index (χ0v) is 18.9. The molecule has 0 atom stereocenters. The van der Waals surface area contributed by atoms with Crippen LogP contribution in [0.2, 0.25) is 0 Å². The average Bonchev–Trinajstić information content (AvgIpc) is 3.01. The van der Waals surface area contributed by atoms with Crippen LogP contribution in [0.15, 0.2) is 29.4 Å². The number of carboxylic acids is 1. The minimum absolute atomic E-state index is 0.146. The number of hydrogen-bond acceptors (Lipinski definition) is 7. The van der Waals surface area contributed by atoms with E-state index in [4.69, 9.17) is 14.6 Å². The van der Waals surface area contributed by atoms with Gasteiger partial charge in [0.2, 0.25) is 0 Å². The van der Waals surface area contributed by atoms with E-state index in [9.17, 15) is 19.2 Å². The molecule has 0 saturated carbocycles. The molecule has 178 valence electrons. The molecule has 0 unspecified atom stereocenters. The standard InChI is InChI=1S/C22H28N4O7/c1-21(2,3)32-19(30)24-23-12-15-4-6-16(7-5-15)18(29)25-10-8-22(9-11-25)14-26(13-17(27)28)20(31)33-22/h4-7,12H,8-11,13-14H2,1-3H3,(H,24,30)(H,27,28). The molecule has 2 aliphatic rings. The molecule has 3 rings (SSSR count).